The third-order valence-electron chi connectivity index (χ3n) is 2.56. The number of nitrogens with zero attached hydrogens (tertiary/aromatic N) is 1. The van der Waals surface area contributed by atoms with Gasteiger partial charge in [-0.15, -0.1) is 0 Å². The highest BCUT2D eigenvalue weighted by molar-refractivity contribution is 7.89. The van der Waals surface area contributed by atoms with E-state index in [2.05, 4.69) is 0 Å². The number of anilines is 1. The molecule has 0 saturated carbocycles. The van der Waals surface area contributed by atoms with Gasteiger partial charge in [0.15, 0.2) is 0 Å². The Labute approximate surface area is 105 Å². The van der Waals surface area contributed by atoms with Crippen LogP contribution in [0.25, 0.3) is 0 Å². The molecule has 1 aliphatic heterocycles. The minimum Gasteiger partial charge on any atom is -0.398 e. The number of morpholine rings is 1. The normalized spacial score (nSPS) is 18.2. The second kappa shape index (κ2) is 4.81. The summed E-state index contributed by atoms with van der Waals surface area (Å²) >= 11 is 5.80. The van der Waals surface area contributed by atoms with Crippen LogP contribution in [-0.2, 0) is 14.8 Å². The molecule has 1 aromatic rings. The molecule has 1 saturated heterocycles. The number of hydrogen-bond donors (Lipinski definition) is 1. The fourth-order valence-corrected chi connectivity index (χ4v) is 3.44. The van der Waals surface area contributed by atoms with Crippen molar-refractivity contribution < 1.29 is 13.2 Å². The largest absolute Gasteiger partial charge is 0.398 e. The molecular formula is C10H13ClN2O3S. The number of hydrogen-bond acceptors (Lipinski definition) is 4. The SMILES string of the molecule is Nc1ccc(Cl)cc1S(=O)(=O)N1CCOCC1. The van der Waals surface area contributed by atoms with Crippen LogP contribution in [0, 0.1) is 0 Å². The van der Waals surface area contributed by atoms with Crippen molar-refractivity contribution in [2.45, 2.75) is 4.90 Å². The highest BCUT2D eigenvalue weighted by atomic mass is 35.5. The molecule has 0 aromatic heterocycles. The number of nitrogens with two attached hydrogens (primary N) is 1. The lowest BCUT2D eigenvalue weighted by atomic mass is 10.3. The Morgan fingerprint density at radius 1 is 1.29 bits per heavy atom. The molecule has 1 aromatic carbocycles. The van der Waals surface area contributed by atoms with E-state index in [0.717, 1.165) is 0 Å². The van der Waals surface area contributed by atoms with Crippen molar-refractivity contribution in [3.8, 4) is 0 Å². The van der Waals surface area contributed by atoms with Crippen LogP contribution in [0.3, 0.4) is 0 Å². The zero-order valence-electron chi connectivity index (χ0n) is 9.10. The first kappa shape index (κ1) is 12.6. The molecular weight excluding hydrogens is 264 g/mol. The minimum absolute atomic E-state index is 0.0619. The number of ether oxygens (including phenoxy) is 1. The lowest BCUT2D eigenvalue weighted by Crippen LogP contribution is -2.40. The Balaban J connectivity index is 2.40. The highest BCUT2D eigenvalue weighted by Crippen LogP contribution is 2.26. The monoisotopic (exact) mass is 276 g/mol. The topological polar surface area (TPSA) is 72.6 Å². The van der Waals surface area contributed by atoms with Gasteiger partial charge in [0.05, 0.1) is 18.9 Å². The van der Waals surface area contributed by atoms with E-state index in [1.165, 1.54) is 16.4 Å². The van der Waals surface area contributed by atoms with Crippen LogP contribution < -0.4 is 5.73 Å². The van der Waals surface area contributed by atoms with Gasteiger partial charge in [-0.05, 0) is 18.2 Å². The van der Waals surface area contributed by atoms with Crippen molar-refractivity contribution in [2.24, 2.45) is 0 Å². The number of sulfonamides is 1. The van der Waals surface area contributed by atoms with Crippen LogP contribution in [0.4, 0.5) is 5.69 Å². The molecule has 7 heteroatoms. The summed E-state index contributed by atoms with van der Waals surface area (Å²) in [7, 11) is -3.57. The van der Waals surface area contributed by atoms with Crippen LogP contribution in [0.1, 0.15) is 0 Å². The lowest BCUT2D eigenvalue weighted by molar-refractivity contribution is 0.0730. The summed E-state index contributed by atoms with van der Waals surface area (Å²) in [6.07, 6.45) is 0. The highest BCUT2D eigenvalue weighted by Gasteiger charge is 2.28. The summed E-state index contributed by atoms with van der Waals surface area (Å²) in [5, 5.41) is 0.353. The molecule has 0 radical (unpaired) electrons. The molecule has 0 atom stereocenters. The van der Waals surface area contributed by atoms with Crippen molar-refractivity contribution in [1.82, 2.24) is 4.31 Å². The molecule has 2 rings (SSSR count). The van der Waals surface area contributed by atoms with Crippen molar-refractivity contribution in [3.63, 3.8) is 0 Å². The second-order valence-electron chi connectivity index (χ2n) is 3.70. The fourth-order valence-electron chi connectivity index (χ4n) is 1.66. The van der Waals surface area contributed by atoms with E-state index >= 15 is 0 Å². The smallest absolute Gasteiger partial charge is 0.245 e. The number of halogens is 1. The van der Waals surface area contributed by atoms with E-state index < -0.39 is 10.0 Å². The van der Waals surface area contributed by atoms with E-state index in [4.69, 9.17) is 22.1 Å². The van der Waals surface area contributed by atoms with Crippen molar-refractivity contribution in [2.75, 3.05) is 32.0 Å². The Kier molecular flexibility index (Phi) is 3.58. The van der Waals surface area contributed by atoms with Gasteiger partial charge in [-0.25, -0.2) is 8.42 Å². The average Bonchev–Trinajstić information content (AvgIpc) is 2.33. The molecule has 0 bridgehead atoms. The van der Waals surface area contributed by atoms with Crippen molar-refractivity contribution in [1.29, 1.82) is 0 Å². The Bertz CT molecular complexity index is 512. The van der Waals surface area contributed by atoms with Gasteiger partial charge >= 0.3 is 0 Å². The van der Waals surface area contributed by atoms with Gasteiger partial charge < -0.3 is 10.5 Å². The van der Waals surface area contributed by atoms with Crippen molar-refractivity contribution >= 4 is 27.3 Å². The molecule has 2 N–H and O–H groups in total. The molecule has 1 heterocycles. The van der Waals surface area contributed by atoms with Crippen LogP contribution in [0.2, 0.25) is 5.02 Å². The van der Waals surface area contributed by atoms with Crippen LogP contribution in [-0.4, -0.2) is 39.0 Å². The lowest BCUT2D eigenvalue weighted by Gasteiger charge is -2.26. The number of rotatable bonds is 2. The predicted octanol–water partition coefficient (Wildman–Crippen LogP) is 0.943. The van der Waals surface area contributed by atoms with Gasteiger partial charge in [0.2, 0.25) is 10.0 Å². The van der Waals surface area contributed by atoms with E-state index in [-0.39, 0.29) is 10.6 Å². The quantitative estimate of drug-likeness (QED) is 0.816. The van der Waals surface area contributed by atoms with Gasteiger partial charge in [-0.1, -0.05) is 11.6 Å². The maximum atomic E-state index is 12.3. The number of nitrogen functional groups attached to an aromatic ring is 1. The molecule has 17 heavy (non-hydrogen) atoms. The molecule has 0 aliphatic carbocycles. The van der Waals surface area contributed by atoms with E-state index in [1.807, 2.05) is 0 Å². The molecule has 0 spiro atoms. The third kappa shape index (κ3) is 2.55. The van der Waals surface area contributed by atoms with Gasteiger partial charge in [-0.2, -0.15) is 4.31 Å². The van der Waals surface area contributed by atoms with E-state index in [0.29, 0.717) is 31.3 Å². The summed E-state index contributed by atoms with van der Waals surface area (Å²) in [4.78, 5) is 0.0619. The Morgan fingerprint density at radius 2 is 1.94 bits per heavy atom. The summed E-state index contributed by atoms with van der Waals surface area (Å²) in [5.74, 6) is 0. The Morgan fingerprint density at radius 3 is 2.59 bits per heavy atom. The number of benzene rings is 1. The Hall–Kier alpha value is -0.820. The fraction of sp³-hybridized carbons (Fsp3) is 0.400. The molecule has 0 unspecified atom stereocenters. The summed E-state index contributed by atoms with van der Waals surface area (Å²) in [6.45, 7) is 1.49. The predicted molar refractivity (Wildman–Crippen MR) is 65.4 cm³/mol. The second-order valence-corrected chi connectivity index (χ2v) is 6.04. The minimum atomic E-state index is -3.57. The third-order valence-corrected chi connectivity index (χ3v) is 4.75. The maximum Gasteiger partial charge on any atom is 0.245 e. The molecule has 1 aliphatic rings. The zero-order chi connectivity index (χ0) is 12.5. The van der Waals surface area contributed by atoms with Crippen LogP contribution in [0.5, 0.6) is 0 Å². The molecule has 94 valence electrons. The zero-order valence-corrected chi connectivity index (χ0v) is 10.7. The molecule has 0 amide bonds. The van der Waals surface area contributed by atoms with Crippen molar-refractivity contribution in [3.05, 3.63) is 23.2 Å². The van der Waals surface area contributed by atoms with E-state index in [1.54, 1.807) is 6.07 Å². The van der Waals surface area contributed by atoms with Crippen LogP contribution >= 0.6 is 11.6 Å². The first-order valence-corrected chi connectivity index (χ1v) is 6.96. The van der Waals surface area contributed by atoms with Gasteiger partial charge in [0.1, 0.15) is 4.90 Å². The summed E-state index contributed by atoms with van der Waals surface area (Å²) < 4.78 is 31.1. The van der Waals surface area contributed by atoms with Gasteiger partial charge in [0, 0.05) is 18.1 Å². The summed E-state index contributed by atoms with van der Waals surface area (Å²) in [5.41, 5.74) is 5.90. The van der Waals surface area contributed by atoms with Gasteiger partial charge in [0.25, 0.3) is 0 Å². The first-order chi connectivity index (χ1) is 8.01. The standard InChI is InChI=1S/C10H13ClN2O3S/c11-8-1-2-9(12)10(7-8)17(14,15)13-3-5-16-6-4-13/h1-2,7H,3-6,12H2. The molecule has 1 fully saturated rings. The van der Waals surface area contributed by atoms with Gasteiger partial charge in [-0.3, -0.25) is 0 Å². The first-order valence-electron chi connectivity index (χ1n) is 5.15. The maximum absolute atomic E-state index is 12.3. The molecule has 5 nitrogen and oxygen atoms in total. The average molecular weight is 277 g/mol. The van der Waals surface area contributed by atoms with E-state index in [9.17, 15) is 8.42 Å². The summed E-state index contributed by atoms with van der Waals surface area (Å²) in [6, 6.07) is 4.44. The van der Waals surface area contributed by atoms with Crippen LogP contribution in [0.15, 0.2) is 23.1 Å².